The summed E-state index contributed by atoms with van der Waals surface area (Å²) < 4.78 is 11.1. The fourth-order valence-electron chi connectivity index (χ4n) is 3.07. The number of nitrogens with zero attached hydrogens (tertiary/aromatic N) is 5. The van der Waals surface area contributed by atoms with Crippen LogP contribution in [0.3, 0.4) is 0 Å². The van der Waals surface area contributed by atoms with Crippen molar-refractivity contribution in [1.82, 2.24) is 20.2 Å². The molecule has 0 amide bonds. The van der Waals surface area contributed by atoms with Crippen LogP contribution in [0.2, 0.25) is 0 Å². The van der Waals surface area contributed by atoms with Gasteiger partial charge in [0.2, 0.25) is 5.95 Å². The summed E-state index contributed by atoms with van der Waals surface area (Å²) in [6, 6.07) is 9.44. The summed E-state index contributed by atoms with van der Waals surface area (Å²) in [5.41, 5.74) is 0. The second-order valence-electron chi connectivity index (χ2n) is 6.55. The molecule has 1 aliphatic rings. The van der Waals surface area contributed by atoms with Gasteiger partial charge in [-0.15, -0.1) is 0 Å². The predicted octanol–water partition coefficient (Wildman–Crippen LogP) is 1.65. The van der Waals surface area contributed by atoms with Crippen LogP contribution < -0.4 is 19.7 Å². The molecule has 2 heterocycles. The van der Waals surface area contributed by atoms with Gasteiger partial charge in [0.15, 0.2) is 5.96 Å². The largest absolute Gasteiger partial charge is 0.497 e. The quantitative estimate of drug-likeness (QED) is 0.599. The SMILES string of the molecule is CN=C(NCC(C)Oc1ccc(OC)cc1)N1CCN(c2ncccn2)CC1. The number of anilines is 1. The molecule has 2 aromatic rings. The van der Waals surface area contributed by atoms with Gasteiger partial charge in [0.1, 0.15) is 17.6 Å². The van der Waals surface area contributed by atoms with Crippen LogP contribution in [0.5, 0.6) is 11.5 Å². The van der Waals surface area contributed by atoms with Gasteiger partial charge in [0, 0.05) is 45.6 Å². The van der Waals surface area contributed by atoms with E-state index in [9.17, 15) is 0 Å². The van der Waals surface area contributed by atoms with Gasteiger partial charge in [-0.25, -0.2) is 9.97 Å². The zero-order valence-corrected chi connectivity index (χ0v) is 16.7. The summed E-state index contributed by atoms with van der Waals surface area (Å²) in [6.45, 7) is 6.17. The molecule has 8 heteroatoms. The van der Waals surface area contributed by atoms with E-state index in [0.717, 1.165) is 49.6 Å². The molecule has 0 aliphatic carbocycles. The van der Waals surface area contributed by atoms with Crippen LogP contribution in [0.25, 0.3) is 0 Å². The van der Waals surface area contributed by atoms with Crippen molar-refractivity contribution < 1.29 is 9.47 Å². The molecule has 1 N–H and O–H groups in total. The maximum atomic E-state index is 5.95. The number of hydrogen-bond donors (Lipinski definition) is 1. The van der Waals surface area contributed by atoms with E-state index in [4.69, 9.17) is 9.47 Å². The molecule has 0 radical (unpaired) electrons. The average Bonchev–Trinajstić information content (AvgIpc) is 2.76. The number of benzene rings is 1. The first-order valence-electron chi connectivity index (χ1n) is 9.48. The smallest absolute Gasteiger partial charge is 0.225 e. The number of rotatable bonds is 6. The van der Waals surface area contributed by atoms with E-state index < -0.39 is 0 Å². The minimum Gasteiger partial charge on any atom is -0.497 e. The van der Waals surface area contributed by atoms with Crippen LogP contribution in [0.1, 0.15) is 6.92 Å². The first kappa shape index (κ1) is 19.7. The Morgan fingerprint density at radius 3 is 2.36 bits per heavy atom. The van der Waals surface area contributed by atoms with Gasteiger partial charge in [-0.2, -0.15) is 0 Å². The lowest BCUT2D eigenvalue weighted by Crippen LogP contribution is -2.53. The van der Waals surface area contributed by atoms with Crippen molar-refractivity contribution in [3.05, 3.63) is 42.7 Å². The lowest BCUT2D eigenvalue weighted by Gasteiger charge is -2.36. The summed E-state index contributed by atoms with van der Waals surface area (Å²) in [4.78, 5) is 17.5. The molecular weight excluding hydrogens is 356 g/mol. The van der Waals surface area contributed by atoms with E-state index in [1.807, 2.05) is 44.3 Å². The van der Waals surface area contributed by atoms with Crippen molar-refractivity contribution in [2.45, 2.75) is 13.0 Å². The lowest BCUT2D eigenvalue weighted by molar-refractivity contribution is 0.221. The zero-order valence-electron chi connectivity index (χ0n) is 16.7. The Morgan fingerprint density at radius 2 is 1.75 bits per heavy atom. The molecular formula is C20H28N6O2. The summed E-state index contributed by atoms with van der Waals surface area (Å²) >= 11 is 0. The van der Waals surface area contributed by atoms with Crippen molar-refractivity contribution in [1.29, 1.82) is 0 Å². The zero-order chi connectivity index (χ0) is 19.8. The Bertz CT molecular complexity index is 745. The maximum absolute atomic E-state index is 5.95. The first-order chi connectivity index (χ1) is 13.7. The fourth-order valence-corrected chi connectivity index (χ4v) is 3.07. The highest BCUT2D eigenvalue weighted by Crippen LogP contribution is 2.18. The van der Waals surface area contributed by atoms with Crippen molar-refractivity contribution in [2.75, 3.05) is 51.8 Å². The van der Waals surface area contributed by atoms with Crippen LogP contribution in [-0.4, -0.2) is 73.8 Å². The highest BCUT2D eigenvalue weighted by atomic mass is 16.5. The van der Waals surface area contributed by atoms with Crippen molar-refractivity contribution >= 4 is 11.9 Å². The number of hydrogen-bond acceptors (Lipinski definition) is 6. The van der Waals surface area contributed by atoms with E-state index >= 15 is 0 Å². The van der Waals surface area contributed by atoms with E-state index in [1.165, 1.54) is 0 Å². The minimum atomic E-state index is 0.00385. The highest BCUT2D eigenvalue weighted by molar-refractivity contribution is 5.80. The Morgan fingerprint density at radius 1 is 1.11 bits per heavy atom. The minimum absolute atomic E-state index is 0.00385. The normalized spacial score (nSPS) is 15.9. The van der Waals surface area contributed by atoms with Gasteiger partial charge in [-0.05, 0) is 37.3 Å². The van der Waals surface area contributed by atoms with Crippen molar-refractivity contribution in [2.24, 2.45) is 4.99 Å². The van der Waals surface area contributed by atoms with Crippen LogP contribution >= 0.6 is 0 Å². The van der Waals surface area contributed by atoms with Crippen LogP contribution in [0.4, 0.5) is 5.95 Å². The van der Waals surface area contributed by atoms with E-state index in [2.05, 4.69) is 30.1 Å². The van der Waals surface area contributed by atoms with Crippen LogP contribution in [0.15, 0.2) is 47.7 Å². The van der Waals surface area contributed by atoms with Crippen molar-refractivity contribution in [3.63, 3.8) is 0 Å². The van der Waals surface area contributed by atoms with Gasteiger partial charge in [0.05, 0.1) is 13.7 Å². The number of methoxy groups -OCH3 is 1. The average molecular weight is 384 g/mol. The number of aliphatic imine (C=N–C) groups is 1. The second kappa shape index (κ2) is 9.77. The second-order valence-corrected chi connectivity index (χ2v) is 6.55. The number of guanidine groups is 1. The third-order valence-electron chi connectivity index (χ3n) is 4.57. The monoisotopic (exact) mass is 384 g/mol. The predicted molar refractivity (Wildman–Crippen MR) is 110 cm³/mol. The van der Waals surface area contributed by atoms with Crippen molar-refractivity contribution in [3.8, 4) is 11.5 Å². The third-order valence-corrected chi connectivity index (χ3v) is 4.57. The first-order valence-corrected chi connectivity index (χ1v) is 9.48. The number of nitrogens with one attached hydrogen (secondary N) is 1. The highest BCUT2D eigenvalue weighted by Gasteiger charge is 2.21. The van der Waals surface area contributed by atoms with E-state index in [1.54, 1.807) is 19.5 Å². The molecule has 150 valence electrons. The molecule has 8 nitrogen and oxygen atoms in total. The molecule has 1 aliphatic heterocycles. The van der Waals surface area contributed by atoms with Gasteiger partial charge < -0.3 is 24.6 Å². The molecule has 1 unspecified atom stereocenters. The number of piperazine rings is 1. The van der Waals surface area contributed by atoms with E-state index in [0.29, 0.717) is 6.54 Å². The van der Waals surface area contributed by atoms with E-state index in [-0.39, 0.29) is 6.10 Å². The fraction of sp³-hybridized carbons (Fsp3) is 0.450. The third kappa shape index (κ3) is 5.25. The molecule has 28 heavy (non-hydrogen) atoms. The van der Waals surface area contributed by atoms with Crippen LogP contribution in [0, 0.1) is 0 Å². The van der Waals surface area contributed by atoms with Gasteiger partial charge in [-0.1, -0.05) is 0 Å². The lowest BCUT2D eigenvalue weighted by atomic mass is 10.3. The summed E-state index contributed by atoms with van der Waals surface area (Å²) in [5.74, 6) is 3.31. The standard InChI is InChI=1S/C20H28N6O2/c1-16(28-18-7-5-17(27-3)6-8-18)15-24-19(21-2)25-11-13-26(14-12-25)20-22-9-4-10-23-20/h4-10,16H,11-15H2,1-3H3,(H,21,24). The Labute approximate surface area is 166 Å². The molecule has 1 atom stereocenters. The van der Waals surface area contributed by atoms with Crippen LogP contribution in [-0.2, 0) is 0 Å². The Hall–Kier alpha value is -3.03. The molecule has 1 saturated heterocycles. The molecule has 0 saturated carbocycles. The topological polar surface area (TPSA) is 75.1 Å². The Kier molecular flexibility index (Phi) is 6.89. The summed E-state index contributed by atoms with van der Waals surface area (Å²) in [5, 5.41) is 3.41. The summed E-state index contributed by atoms with van der Waals surface area (Å²) in [7, 11) is 3.46. The van der Waals surface area contributed by atoms with Gasteiger partial charge in [-0.3, -0.25) is 4.99 Å². The molecule has 0 spiro atoms. The molecule has 3 rings (SSSR count). The maximum Gasteiger partial charge on any atom is 0.225 e. The van der Waals surface area contributed by atoms with Gasteiger partial charge >= 0.3 is 0 Å². The number of aromatic nitrogens is 2. The number of ether oxygens (including phenoxy) is 2. The molecule has 1 aromatic carbocycles. The molecule has 0 bridgehead atoms. The van der Waals surface area contributed by atoms with Gasteiger partial charge in [0.25, 0.3) is 0 Å². The summed E-state index contributed by atoms with van der Waals surface area (Å²) in [6.07, 6.45) is 3.56. The molecule has 1 fully saturated rings. The molecule has 1 aromatic heterocycles. The Balaban J connectivity index is 1.45.